The first kappa shape index (κ1) is 20.2. The molecule has 0 unspecified atom stereocenters. The number of aromatic nitrogens is 1. The first-order valence-electron chi connectivity index (χ1n) is 10.8. The van der Waals surface area contributed by atoms with Crippen LogP contribution in [0.3, 0.4) is 0 Å². The molecule has 1 saturated heterocycles. The molecule has 2 aromatic carbocycles. The average molecular weight is 464 g/mol. The Morgan fingerprint density at radius 3 is 2.64 bits per heavy atom. The van der Waals surface area contributed by atoms with Crippen molar-refractivity contribution in [2.75, 3.05) is 13.1 Å². The summed E-state index contributed by atoms with van der Waals surface area (Å²) in [5.41, 5.74) is 1.80. The molecule has 0 saturated carbocycles. The molecule has 0 radical (unpaired) electrons. The molecule has 1 fully saturated rings. The zero-order valence-electron chi connectivity index (χ0n) is 17.5. The number of amides is 2. The number of hydrogen-bond acceptors (Lipinski definition) is 4. The summed E-state index contributed by atoms with van der Waals surface area (Å²) in [6.45, 7) is 1.78. The molecule has 166 valence electrons. The van der Waals surface area contributed by atoms with Gasteiger partial charge in [0.05, 0.1) is 28.5 Å². The Balaban J connectivity index is 1.66. The van der Waals surface area contributed by atoms with E-state index in [0.717, 1.165) is 36.8 Å². The minimum Gasteiger partial charge on any atom is -0.464 e. The molecule has 2 amide bonds. The SMILES string of the molecule is O=C1NC(=O)C(c2c(F)ccc3ccoc23)=C1c1cn(C2CCNCC2)c2cc(Cl)ccc12. The summed E-state index contributed by atoms with van der Waals surface area (Å²) in [5.74, 6) is -1.83. The van der Waals surface area contributed by atoms with Crippen molar-refractivity contribution in [2.24, 2.45) is 0 Å². The van der Waals surface area contributed by atoms with Crippen LogP contribution in [0.1, 0.15) is 30.0 Å². The largest absolute Gasteiger partial charge is 0.464 e. The molecule has 0 bridgehead atoms. The van der Waals surface area contributed by atoms with Crippen molar-refractivity contribution >= 4 is 56.4 Å². The van der Waals surface area contributed by atoms with Crippen LogP contribution >= 0.6 is 11.6 Å². The van der Waals surface area contributed by atoms with Gasteiger partial charge in [0, 0.05) is 33.6 Å². The van der Waals surface area contributed by atoms with Crippen LogP contribution in [0, 0.1) is 5.82 Å². The molecule has 0 atom stereocenters. The number of benzene rings is 2. The predicted octanol–water partition coefficient (Wildman–Crippen LogP) is 4.67. The van der Waals surface area contributed by atoms with E-state index in [1.807, 2.05) is 18.3 Å². The molecule has 4 aromatic rings. The van der Waals surface area contributed by atoms with Gasteiger partial charge in [0.15, 0.2) is 0 Å². The number of piperidine rings is 1. The van der Waals surface area contributed by atoms with E-state index in [2.05, 4.69) is 15.2 Å². The fourth-order valence-electron chi connectivity index (χ4n) is 5.00. The monoisotopic (exact) mass is 463 g/mol. The molecule has 2 aliphatic heterocycles. The maximum Gasteiger partial charge on any atom is 0.259 e. The number of furan rings is 1. The van der Waals surface area contributed by atoms with Gasteiger partial charge in [0.2, 0.25) is 0 Å². The summed E-state index contributed by atoms with van der Waals surface area (Å²) >= 11 is 6.32. The smallest absolute Gasteiger partial charge is 0.259 e. The Kier molecular flexibility index (Phi) is 4.64. The Hall–Kier alpha value is -3.42. The highest BCUT2D eigenvalue weighted by atomic mass is 35.5. The van der Waals surface area contributed by atoms with Crippen LogP contribution in [-0.2, 0) is 9.59 Å². The molecule has 6 nitrogen and oxygen atoms in total. The molecule has 0 spiro atoms. The number of carbonyl (C=O) groups is 2. The minimum atomic E-state index is -0.644. The Morgan fingerprint density at radius 1 is 1.03 bits per heavy atom. The van der Waals surface area contributed by atoms with Crippen LogP contribution < -0.4 is 10.6 Å². The Morgan fingerprint density at radius 2 is 1.82 bits per heavy atom. The van der Waals surface area contributed by atoms with E-state index >= 15 is 4.39 Å². The number of fused-ring (bicyclic) bond motifs is 2. The van der Waals surface area contributed by atoms with E-state index in [0.29, 0.717) is 16.0 Å². The highest BCUT2D eigenvalue weighted by Gasteiger charge is 2.37. The second kappa shape index (κ2) is 7.57. The molecule has 0 aliphatic carbocycles. The zero-order chi connectivity index (χ0) is 22.7. The number of hydrogen-bond donors (Lipinski definition) is 2. The highest BCUT2D eigenvalue weighted by molar-refractivity contribution is 6.50. The van der Waals surface area contributed by atoms with Crippen LogP contribution in [0.4, 0.5) is 4.39 Å². The first-order valence-corrected chi connectivity index (χ1v) is 11.2. The Labute approximate surface area is 193 Å². The van der Waals surface area contributed by atoms with Gasteiger partial charge in [0.25, 0.3) is 11.8 Å². The van der Waals surface area contributed by atoms with E-state index in [-0.39, 0.29) is 28.3 Å². The normalized spacial score (nSPS) is 17.5. The second-order valence-corrected chi connectivity index (χ2v) is 8.82. The molecule has 2 N–H and O–H groups in total. The fraction of sp³-hybridized carbons (Fsp3) is 0.200. The number of rotatable bonds is 3. The molecule has 4 heterocycles. The number of nitrogens with one attached hydrogen (secondary N) is 2. The van der Waals surface area contributed by atoms with Crippen LogP contribution in [0.25, 0.3) is 33.0 Å². The molecular formula is C25H19ClFN3O3. The maximum atomic E-state index is 15.1. The van der Waals surface area contributed by atoms with Crippen molar-refractivity contribution in [1.29, 1.82) is 0 Å². The standard InChI is InChI=1S/C25H19ClFN3O3/c26-14-2-3-16-17(12-30(19(16)11-14)15-5-8-28-9-6-15)20-22(25(32)29-24(20)31)21-18(27)4-1-13-7-10-33-23(13)21/h1-4,7,10-12,15,28H,5-6,8-9H2,(H,29,31,32). The summed E-state index contributed by atoms with van der Waals surface area (Å²) in [7, 11) is 0. The lowest BCUT2D eigenvalue weighted by Crippen LogP contribution is -2.29. The van der Waals surface area contributed by atoms with Crippen LogP contribution in [-0.4, -0.2) is 29.5 Å². The topological polar surface area (TPSA) is 76.3 Å². The van der Waals surface area contributed by atoms with Gasteiger partial charge in [-0.1, -0.05) is 17.7 Å². The minimum absolute atomic E-state index is 0.00687. The van der Waals surface area contributed by atoms with Crippen molar-refractivity contribution in [3.8, 4) is 0 Å². The third-order valence-electron chi connectivity index (χ3n) is 6.52. The van der Waals surface area contributed by atoms with Crippen molar-refractivity contribution in [3.63, 3.8) is 0 Å². The van der Waals surface area contributed by atoms with Gasteiger partial charge < -0.3 is 14.3 Å². The summed E-state index contributed by atoms with van der Waals surface area (Å²) in [4.78, 5) is 26.0. The lowest BCUT2D eigenvalue weighted by atomic mass is 9.94. The van der Waals surface area contributed by atoms with Crippen molar-refractivity contribution in [1.82, 2.24) is 15.2 Å². The zero-order valence-corrected chi connectivity index (χ0v) is 18.2. The third-order valence-corrected chi connectivity index (χ3v) is 6.75. The maximum absolute atomic E-state index is 15.1. The number of nitrogens with zero attached hydrogens (tertiary/aromatic N) is 1. The number of halogens is 2. The average Bonchev–Trinajstić information content (AvgIpc) is 3.50. The van der Waals surface area contributed by atoms with Gasteiger partial charge in [-0.15, -0.1) is 0 Å². The summed E-state index contributed by atoms with van der Waals surface area (Å²) in [6, 6.07) is 10.2. The number of imide groups is 1. The van der Waals surface area contributed by atoms with Crippen LogP contribution in [0.5, 0.6) is 0 Å². The molecule has 2 aliphatic rings. The summed E-state index contributed by atoms with van der Waals surface area (Å²) < 4.78 is 22.7. The fourth-order valence-corrected chi connectivity index (χ4v) is 5.17. The first-order chi connectivity index (χ1) is 16.0. The van der Waals surface area contributed by atoms with Gasteiger partial charge in [-0.25, -0.2) is 4.39 Å². The number of carbonyl (C=O) groups excluding carboxylic acids is 2. The van der Waals surface area contributed by atoms with Crippen LogP contribution in [0.2, 0.25) is 5.02 Å². The summed E-state index contributed by atoms with van der Waals surface area (Å²) in [5, 5.41) is 7.72. The molecule has 6 rings (SSSR count). The van der Waals surface area contributed by atoms with Gasteiger partial charge in [0.1, 0.15) is 11.4 Å². The quantitative estimate of drug-likeness (QED) is 0.433. The van der Waals surface area contributed by atoms with E-state index in [4.69, 9.17) is 16.0 Å². The molecular weight excluding hydrogens is 445 g/mol. The van der Waals surface area contributed by atoms with Crippen molar-refractivity contribution < 1.29 is 18.4 Å². The van der Waals surface area contributed by atoms with E-state index < -0.39 is 17.6 Å². The summed E-state index contributed by atoms with van der Waals surface area (Å²) in [6.07, 6.45) is 5.18. The molecule has 2 aromatic heterocycles. The van der Waals surface area contributed by atoms with Gasteiger partial charge >= 0.3 is 0 Å². The molecule has 8 heteroatoms. The predicted molar refractivity (Wildman–Crippen MR) is 124 cm³/mol. The third kappa shape index (κ3) is 3.11. The lowest BCUT2D eigenvalue weighted by molar-refractivity contribution is -0.122. The van der Waals surface area contributed by atoms with Crippen molar-refractivity contribution in [2.45, 2.75) is 18.9 Å². The molecule has 33 heavy (non-hydrogen) atoms. The van der Waals surface area contributed by atoms with Gasteiger partial charge in [-0.05, 0) is 56.3 Å². The van der Waals surface area contributed by atoms with Gasteiger partial charge in [-0.3, -0.25) is 14.9 Å². The van der Waals surface area contributed by atoms with E-state index in [9.17, 15) is 9.59 Å². The van der Waals surface area contributed by atoms with Crippen LogP contribution in [0.15, 0.2) is 53.3 Å². The van der Waals surface area contributed by atoms with Crippen molar-refractivity contribution in [3.05, 3.63) is 70.8 Å². The Bertz CT molecular complexity index is 1490. The lowest BCUT2D eigenvalue weighted by Gasteiger charge is -2.25. The van der Waals surface area contributed by atoms with Gasteiger partial charge in [-0.2, -0.15) is 0 Å². The second-order valence-electron chi connectivity index (χ2n) is 8.39. The van der Waals surface area contributed by atoms with E-state index in [1.165, 1.54) is 12.3 Å². The van der Waals surface area contributed by atoms with E-state index in [1.54, 1.807) is 18.2 Å². The highest BCUT2D eigenvalue weighted by Crippen LogP contribution is 2.41.